The van der Waals surface area contributed by atoms with Crippen LogP contribution in [-0.4, -0.2) is 35.1 Å². The molecule has 0 spiro atoms. The van der Waals surface area contributed by atoms with E-state index in [1.165, 1.54) is 5.57 Å². The highest BCUT2D eigenvalue weighted by Gasteiger charge is 2.25. The smallest absolute Gasteiger partial charge is 0.330 e. The molecule has 1 aromatic rings. The molecule has 20 heavy (non-hydrogen) atoms. The van der Waals surface area contributed by atoms with Gasteiger partial charge in [-0.25, -0.2) is 9.59 Å². The van der Waals surface area contributed by atoms with Crippen LogP contribution in [0.25, 0.3) is 0 Å². The molecule has 0 bridgehead atoms. The van der Waals surface area contributed by atoms with Crippen molar-refractivity contribution in [2.75, 3.05) is 13.1 Å². The van der Waals surface area contributed by atoms with Crippen molar-refractivity contribution in [3.05, 3.63) is 47.5 Å². The summed E-state index contributed by atoms with van der Waals surface area (Å²) < 4.78 is 0. The predicted molar refractivity (Wildman–Crippen MR) is 75.3 cm³/mol. The molecular formula is C15H18N2O3. The van der Waals surface area contributed by atoms with Gasteiger partial charge >= 0.3 is 12.0 Å². The molecule has 1 aliphatic rings. The van der Waals surface area contributed by atoms with Crippen LogP contribution in [0, 0.1) is 0 Å². The lowest BCUT2D eigenvalue weighted by molar-refractivity contribution is -0.139. The maximum absolute atomic E-state index is 12.1. The van der Waals surface area contributed by atoms with Crippen LogP contribution in [0.3, 0.4) is 0 Å². The second-order valence-corrected chi connectivity index (χ2v) is 4.88. The number of nitrogens with zero attached hydrogens (tertiary/aromatic N) is 1. The van der Waals surface area contributed by atoms with E-state index < -0.39 is 12.0 Å². The zero-order valence-corrected chi connectivity index (χ0v) is 11.4. The molecule has 5 heteroatoms. The van der Waals surface area contributed by atoms with Gasteiger partial charge in [0, 0.05) is 13.1 Å². The Balaban J connectivity index is 2.06. The standard InChI is InChI=1S/C15H18N2O3/c1-11-7-9-17(10-8-11)15(20)16-13(14(18)19)12-5-3-2-4-6-12/h2-7,13H,8-10H2,1H3,(H,16,20)(H,18,19). The normalized spacial score (nSPS) is 16.2. The average molecular weight is 274 g/mol. The van der Waals surface area contributed by atoms with E-state index in [9.17, 15) is 14.7 Å². The third-order valence-corrected chi connectivity index (χ3v) is 3.37. The number of nitrogens with one attached hydrogen (secondary N) is 1. The van der Waals surface area contributed by atoms with Crippen molar-refractivity contribution in [3.63, 3.8) is 0 Å². The van der Waals surface area contributed by atoms with Crippen LogP contribution in [0.2, 0.25) is 0 Å². The van der Waals surface area contributed by atoms with Gasteiger partial charge < -0.3 is 15.3 Å². The fourth-order valence-electron chi connectivity index (χ4n) is 2.10. The minimum atomic E-state index is -1.06. The monoisotopic (exact) mass is 274 g/mol. The maximum Gasteiger partial charge on any atom is 0.330 e. The van der Waals surface area contributed by atoms with E-state index >= 15 is 0 Å². The number of aliphatic carboxylic acids is 1. The Morgan fingerprint density at radius 1 is 1.30 bits per heavy atom. The van der Waals surface area contributed by atoms with Gasteiger partial charge in [0.2, 0.25) is 0 Å². The van der Waals surface area contributed by atoms with Crippen LogP contribution in [0.5, 0.6) is 0 Å². The van der Waals surface area contributed by atoms with Gasteiger partial charge in [-0.3, -0.25) is 0 Å². The molecule has 1 aliphatic heterocycles. The summed E-state index contributed by atoms with van der Waals surface area (Å²) in [5.41, 5.74) is 1.82. The maximum atomic E-state index is 12.1. The largest absolute Gasteiger partial charge is 0.479 e. The van der Waals surface area contributed by atoms with E-state index in [2.05, 4.69) is 5.32 Å². The van der Waals surface area contributed by atoms with Crippen LogP contribution in [0.15, 0.2) is 42.0 Å². The lowest BCUT2D eigenvalue weighted by atomic mass is 10.1. The molecule has 106 valence electrons. The molecule has 1 heterocycles. The molecule has 1 aromatic carbocycles. The summed E-state index contributed by atoms with van der Waals surface area (Å²) in [7, 11) is 0. The summed E-state index contributed by atoms with van der Waals surface area (Å²) in [4.78, 5) is 25.1. The van der Waals surface area contributed by atoms with Gasteiger partial charge in [0.25, 0.3) is 0 Å². The van der Waals surface area contributed by atoms with Crippen molar-refractivity contribution >= 4 is 12.0 Å². The number of carbonyl (C=O) groups is 2. The quantitative estimate of drug-likeness (QED) is 0.830. The Hall–Kier alpha value is -2.30. The minimum Gasteiger partial charge on any atom is -0.479 e. The van der Waals surface area contributed by atoms with Crippen molar-refractivity contribution in [3.8, 4) is 0 Å². The lowest BCUT2D eigenvalue weighted by Gasteiger charge is -2.27. The lowest BCUT2D eigenvalue weighted by Crippen LogP contribution is -2.45. The number of hydrogen-bond donors (Lipinski definition) is 2. The molecule has 0 saturated carbocycles. The molecule has 2 amide bonds. The highest BCUT2D eigenvalue weighted by molar-refractivity contribution is 5.83. The van der Waals surface area contributed by atoms with E-state index in [1.807, 2.05) is 19.1 Å². The van der Waals surface area contributed by atoms with Gasteiger partial charge in [0.15, 0.2) is 6.04 Å². The van der Waals surface area contributed by atoms with E-state index in [1.54, 1.807) is 29.2 Å². The first kappa shape index (κ1) is 14.1. The summed E-state index contributed by atoms with van der Waals surface area (Å²) in [5, 5.41) is 11.8. The molecule has 0 aliphatic carbocycles. The Morgan fingerprint density at radius 3 is 2.55 bits per heavy atom. The highest BCUT2D eigenvalue weighted by Crippen LogP contribution is 2.15. The summed E-state index contributed by atoms with van der Waals surface area (Å²) in [6.07, 6.45) is 2.82. The zero-order chi connectivity index (χ0) is 14.5. The molecule has 0 fully saturated rings. The number of amides is 2. The fourth-order valence-corrected chi connectivity index (χ4v) is 2.10. The van der Waals surface area contributed by atoms with E-state index in [0.29, 0.717) is 18.7 Å². The molecule has 1 unspecified atom stereocenters. The van der Waals surface area contributed by atoms with E-state index in [4.69, 9.17) is 0 Å². The van der Waals surface area contributed by atoms with E-state index in [-0.39, 0.29) is 6.03 Å². The Bertz CT molecular complexity index is 525. The Kier molecular flexibility index (Phi) is 4.40. The van der Waals surface area contributed by atoms with Gasteiger partial charge in [-0.1, -0.05) is 42.0 Å². The first-order valence-corrected chi connectivity index (χ1v) is 6.57. The van der Waals surface area contributed by atoms with Crippen LogP contribution in [0.1, 0.15) is 24.9 Å². The first-order valence-electron chi connectivity index (χ1n) is 6.57. The summed E-state index contributed by atoms with van der Waals surface area (Å²) >= 11 is 0. The van der Waals surface area contributed by atoms with Crippen molar-refractivity contribution < 1.29 is 14.7 Å². The van der Waals surface area contributed by atoms with Crippen LogP contribution in [-0.2, 0) is 4.79 Å². The van der Waals surface area contributed by atoms with Gasteiger partial charge in [-0.2, -0.15) is 0 Å². The molecule has 0 radical (unpaired) electrons. The zero-order valence-electron chi connectivity index (χ0n) is 11.4. The Morgan fingerprint density at radius 2 is 2.00 bits per heavy atom. The Labute approximate surface area is 117 Å². The number of carboxylic acids is 1. The van der Waals surface area contributed by atoms with Gasteiger partial charge in [-0.15, -0.1) is 0 Å². The highest BCUT2D eigenvalue weighted by atomic mass is 16.4. The van der Waals surface area contributed by atoms with Crippen molar-refractivity contribution in [2.45, 2.75) is 19.4 Å². The number of urea groups is 1. The molecule has 0 aromatic heterocycles. The number of benzene rings is 1. The van der Waals surface area contributed by atoms with Gasteiger partial charge in [-0.05, 0) is 18.9 Å². The summed E-state index contributed by atoms with van der Waals surface area (Å²) in [6.45, 7) is 3.17. The van der Waals surface area contributed by atoms with Crippen molar-refractivity contribution in [2.24, 2.45) is 0 Å². The number of carboxylic acid groups (broad SMARTS) is 1. The van der Waals surface area contributed by atoms with Crippen LogP contribution < -0.4 is 5.32 Å². The molecular weight excluding hydrogens is 256 g/mol. The number of hydrogen-bond acceptors (Lipinski definition) is 2. The second-order valence-electron chi connectivity index (χ2n) is 4.88. The first-order chi connectivity index (χ1) is 9.58. The SMILES string of the molecule is CC1=CCN(C(=O)NC(C(=O)O)c2ccccc2)CC1. The third kappa shape index (κ3) is 3.38. The summed E-state index contributed by atoms with van der Waals surface area (Å²) in [6, 6.07) is 7.34. The van der Waals surface area contributed by atoms with Crippen LogP contribution >= 0.6 is 0 Å². The molecule has 0 saturated heterocycles. The van der Waals surface area contributed by atoms with Gasteiger partial charge in [0.1, 0.15) is 0 Å². The summed E-state index contributed by atoms with van der Waals surface area (Å²) in [5.74, 6) is -1.06. The number of carbonyl (C=O) groups excluding carboxylic acids is 1. The fraction of sp³-hybridized carbons (Fsp3) is 0.333. The second kappa shape index (κ2) is 6.23. The van der Waals surface area contributed by atoms with E-state index in [0.717, 1.165) is 6.42 Å². The number of rotatable bonds is 3. The minimum absolute atomic E-state index is 0.343. The van der Waals surface area contributed by atoms with Crippen LogP contribution in [0.4, 0.5) is 4.79 Å². The average Bonchev–Trinajstić information content (AvgIpc) is 2.46. The molecule has 2 rings (SSSR count). The topological polar surface area (TPSA) is 69.6 Å². The molecule has 5 nitrogen and oxygen atoms in total. The third-order valence-electron chi connectivity index (χ3n) is 3.37. The predicted octanol–water partition coefficient (Wildman–Crippen LogP) is 2.17. The van der Waals surface area contributed by atoms with Gasteiger partial charge in [0.05, 0.1) is 0 Å². The van der Waals surface area contributed by atoms with Crippen molar-refractivity contribution in [1.29, 1.82) is 0 Å². The van der Waals surface area contributed by atoms with Crippen molar-refractivity contribution in [1.82, 2.24) is 10.2 Å². The molecule has 1 atom stereocenters. The molecule has 2 N–H and O–H groups in total.